The number of nitrogens with zero attached hydrogens (tertiary/aromatic N) is 2. The third kappa shape index (κ3) is 4.10. The summed E-state index contributed by atoms with van der Waals surface area (Å²) in [5.74, 6) is -1.30. The zero-order valence-electron chi connectivity index (χ0n) is 12.0. The van der Waals surface area contributed by atoms with E-state index in [9.17, 15) is 19.7 Å². The molecule has 0 aliphatic rings. The van der Waals surface area contributed by atoms with Gasteiger partial charge in [-0.1, -0.05) is 18.2 Å². The Balaban J connectivity index is 2.19. The zero-order chi connectivity index (χ0) is 16.8. The first-order valence-electron chi connectivity index (χ1n) is 6.71. The molecule has 1 aromatic carbocycles. The average Bonchev–Trinajstić information content (AvgIpc) is 2.55. The van der Waals surface area contributed by atoms with E-state index < -0.39 is 22.8 Å². The van der Waals surface area contributed by atoms with Crippen LogP contribution in [0.4, 0.5) is 5.69 Å². The number of amides is 2. The highest BCUT2D eigenvalue weighted by atomic mass is 16.6. The number of primary amides is 1. The van der Waals surface area contributed by atoms with Gasteiger partial charge in [-0.25, -0.2) is 0 Å². The molecule has 0 radical (unpaired) electrons. The predicted molar refractivity (Wildman–Crippen MR) is 81.5 cm³/mol. The van der Waals surface area contributed by atoms with Crippen LogP contribution in [0, 0.1) is 10.1 Å². The van der Waals surface area contributed by atoms with Crippen LogP contribution in [0.25, 0.3) is 0 Å². The van der Waals surface area contributed by atoms with Gasteiger partial charge in [0, 0.05) is 30.4 Å². The summed E-state index contributed by atoms with van der Waals surface area (Å²) < 4.78 is 0. The van der Waals surface area contributed by atoms with Crippen molar-refractivity contribution in [2.45, 2.75) is 12.5 Å². The summed E-state index contributed by atoms with van der Waals surface area (Å²) in [6.07, 6.45) is 2.78. The number of carbonyl (C=O) groups excluding carboxylic acids is 2. The van der Waals surface area contributed by atoms with Crippen LogP contribution in [0.5, 0.6) is 0 Å². The molecule has 3 N–H and O–H groups in total. The predicted octanol–water partition coefficient (Wildman–Crippen LogP) is 0.816. The van der Waals surface area contributed by atoms with Gasteiger partial charge in [0.15, 0.2) is 0 Å². The minimum atomic E-state index is -1.07. The van der Waals surface area contributed by atoms with Crippen molar-refractivity contribution in [2.24, 2.45) is 5.73 Å². The first-order valence-corrected chi connectivity index (χ1v) is 6.71. The highest BCUT2D eigenvalue weighted by Gasteiger charge is 2.23. The molecule has 0 saturated heterocycles. The summed E-state index contributed by atoms with van der Waals surface area (Å²) in [6.45, 7) is 0. The minimum absolute atomic E-state index is 0.0709. The molecule has 0 spiro atoms. The summed E-state index contributed by atoms with van der Waals surface area (Å²) >= 11 is 0. The molecule has 0 aliphatic heterocycles. The standard InChI is InChI=1S/C15H14N4O4/c16-14(20)12(18-15(21)11-5-3-7-17-9-11)8-10-4-1-2-6-13(10)19(22)23/h1-7,9,12H,8H2,(H2,16,20)(H,18,21)/t12-/m1/s1. The third-order valence-corrected chi connectivity index (χ3v) is 3.18. The fourth-order valence-corrected chi connectivity index (χ4v) is 2.04. The maximum atomic E-state index is 12.1. The molecule has 1 aromatic heterocycles. The number of benzene rings is 1. The SMILES string of the molecule is NC(=O)[C@@H](Cc1ccccc1[N+](=O)[O-])NC(=O)c1cccnc1. The Morgan fingerprint density at radius 1 is 1.26 bits per heavy atom. The average molecular weight is 314 g/mol. The number of hydrogen-bond donors (Lipinski definition) is 2. The van der Waals surface area contributed by atoms with Gasteiger partial charge in [0.05, 0.1) is 10.5 Å². The largest absolute Gasteiger partial charge is 0.368 e. The van der Waals surface area contributed by atoms with E-state index in [0.29, 0.717) is 5.56 Å². The molecule has 8 heteroatoms. The van der Waals surface area contributed by atoms with Crippen molar-refractivity contribution in [3.05, 3.63) is 70.0 Å². The molecule has 1 heterocycles. The van der Waals surface area contributed by atoms with Crippen LogP contribution < -0.4 is 11.1 Å². The van der Waals surface area contributed by atoms with Crippen molar-refractivity contribution < 1.29 is 14.5 Å². The van der Waals surface area contributed by atoms with E-state index in [1.54, 1.807) is 12.1 Å². The molecule has 8 nitrogen and oxygen atoms in total. The molecular weight excluding hydrogens is 300 g/mol. The molecule has 0 fully saturated rings. The number of pyridine rings is 1. The van der Waals surface area contributed by atoms with Crippen LogP contribution in [0.2, 0.25) is 0 Å². The molecular formula is C15H14N4O4. The van der Waals surface area contributed by atoms with Gasteiger partial charge in [-0.2, -0.15) is 0 Å². The van der Waals surface area contributed by atoms with E-state index in [-0.39, 0.29) is 17.7 Å². The van der Waals surface area contributed by atoms with Crippen LogP contribution in [-0.2, 0) is 11.2 Å². The first kappa shape index (κ1) is 16.1. The molecule has 23 heavy (non-hydrogen) atoms. The zero-order valence-corrected chi connectivity index (χ0v) is 12.0. The third-order valence-electron chi connectivity index (χ3n) is 3.18. The van der Waals surface area contributed by atoms with Crippen molar-refractivity contribution in [1.82, 2.24) is 10.3 Å². The Morgan fingerprint density at radius 3 is 2.61 bits per heavy atom. The monoisotopic (exact) mass is 314 g/mol. The van der Waals surface area contributed by atoms with E-state index >= 15 is 0 Å². The molecule has 2 amide bonds. The molecule has 118 valence electrons. The van der Waals surface area contributed by atoms with Crippen LogP contribution in [0.15, 0.2) is 48.8 Å². The van der Waals surface area contributed by atoms with Crippen molar-refractivity contribution in [1.29, 1.82) is 0 Å². The van der Waals surface area contributed by atoms with Gasteiger partial charge in [0.25, 0.3) is 11.6 Å². The maximum absolute atomic E-state index is 12.1. The van der Waals surface area contributed by atoms with Crippen LogP contribution in [0.3, 0.4) is 0 Å². The van der Waals surface area contributed by atoms with Crippen LogP contribution in [0.1, 0.15) is 15.9 Å². The lowest BCUT2D eigenvalue weighted by Gasteiger charge is -2.15. The summed E-state index contributed by atoms with van der Waals surface area (Å²) in [7, 11) is 0. The number of rotatable bonds is 6. The van der Waals surface area contributed by atoms with Crippen LogP contribution in [-0.4, -0.2) is 27.8 Å². The number of hydrogen-bond acceptors (Lipinski definition) is 5. The topological polar surface area (TPSA) is 128 Å². The van der Waals surface area contributed by atoms with Gasteiger partial charge in [-0.05, 0) is 12.1 Å². The van der Waals surface area contributed by atoms with Crippen molar-refractivity contribution in [3.8, 4) is 0 Å². The van der Waals surface area contributed by atoms with Crippen molar-refractivity contribution in [3.63, 3.8) is 0 Å². The van der Waals surface area contributed by atoms with Crippen LogP contribution >= 0.6 is 0 Å². The highest BCUT2D eigenvalue weighted by molar-refractivity contribution is 5.97. The maximum Gasteiger partial charge on any atom is 0.272 e. The fraction of sp³-hybridized carbons (Fsp3) is 0.133. The molecule has 0 saturated carbocycles. The number of aromatic nitrogens is 1. The first-order chi connectivity index (χ1) is 11.0. The highest BCUT2D eigenvalue weighted by Crippen LogP contribution is 2.19. The summed E-state index contributed by atoms with van der Waals surface area (Å²) in [5.41, 5.74) is 5.75. The van der Waals surface area contributed by atoms with E-state index in [1.165, 1.54) is 36.7 Å². The normalized spacial score (nSPS) is 11.5. The van der Waals surface area contributed by atoms with Gasteiger partial charge < -0.3 is 11.1 Å². The second-order valence-corrected chi connectivity index (χ2v) is 4.76. The second kappa shape index (κ2) is 7.12. The number of nitrogens with one attached hydrogen (secondary N) is 1. The number of nitrogens with two attached hydrogens (primary N) is 1. The van der Waals surface area contributed by atoms with Gasteiger partial charge in [-0.15, -0.1) is 0 Å². The summed E-state index contributed by atoms with van der Waals surface area (Å²) in [4.78, 5) is 37.9. The van der Waals surface area contributed by atoms with Crippen molar-refractivity contribution >= 4 is 17.5 Å². The second-order valence-electron chi connectivity index (χ2n) is 4.76. The molecule has 2 rings (SSSR count). The number of carbonyl (C=O) groups is 2. The Labute approximate surface area is 131 Å². The fourth-order valence-electron chi connectivity index (χ4n) is 2.04. The van der Waals surface area contributed by atoms with Gasteiger partial charge in [0.2, 0.25) is 5.91 Å². The molecule has 0 unspecified atom stereocenters. The molecule has 2 aromatic rings. The minimum Gasteiger partial charge on any atom is -0.368 e. The van der Waals surface area contributed by atoms with Gasteiger partial charge in [-0.3, -0.25) is 24.7 Å². The van der Waals surface area contributed by atoms with Crippen molar-refractivity contribution in [2.75, 3.05) is 0 Å². The summed E-state index contributed by atoms with van der Waals surface area (Å²) in [6, 6.07) is 8.03. The number of nitro groups is 1. The van der Waals surface area contributed by atoms with E-state index in [0.717, 1.165) is 0 Å². The lowest BCUT2D eigenvalue weighted by molar-refractivity contribution is -0.385. The smallest absolute Gasteiger partial charge is 0.272 e. The van der Waals surface area contributed by atoms with Gasteiger partial charge in [0.1, 0.15) is 6.04 Å². The Kier molecular flexibility index (Phi) is 4.98. The van der Waals surface area contributed by atoms with E-state index in [1.807, 2.05) is 0 Å². The Hall–Kier alpha value is -3.29. The Bertz CT molecular complexity index is 733. The van der Waals surface area contributed by atoms with E-state index in [4.69, 9.17) is 5.73 Å². The lowest BCUT2D eigenvalue weighted by Crippen LogP contribution is -2.46. The molecule has 1 atom stereocenters. The lowest BCUT2D eigenvalue weighted by atomic mass is 10.0. The molecule has 0 aliphatic carbocycles. The van der Waals surface area contributed by atoms with E-state index in [2.05, 4.69) is 10.3 Å². The quantitative estimate of drug-likeness (QED) is 0.602. The molecule has 0 bridgehead atoms. The number of nitro benzene ring substituents is 1. The Morgan fingerprint density at radius 2 is 2.00 bits per heavy atom. The number of para-hydroxylation sites is 1. The van der Waals surface area contributed by atoms with Gasteiger partial charge >= 0.3 is 0 Å². The summed E-state index contributed by atoms with van der Waals surface area (Å²) in [5, 5.41) is 13.5.